The van der Waals surface area contributed by atoms with Crippen LogP contribution in [0.4, 0.5) is 4.39 Å². The highest BCUT2D eigenvalue weighted by Crippen LogP contribution is 2.37. The molecular formula is C13H17BClFO3. The summed E-state index contributed by atoms with van der Waals surface area (Å²) in [6.07, 6.45) is 0. The van der Waals surface area contributed by atoms with Crippen molar-refractivity contribution in [3.8, 4) is 5.75 Å². The third-order valence-electron chi connectivity index (χ3n) is 3.78. The van der Waals surface area contributed by atoms with Crippen molar-refractivity contribution in [1.29, 1.82) is 0 Å². The maximum Gasteiger partial charge on any atom is 0.497 e. The summed E-state index contributed by atoms with van der Waals surface area (Å²) in [7, 11) is 0.670. The smallest absolute Gasteiger partial charge is 0.495 e. The van der Waals surface area contributed by atoms with E-state index in [1.165, 1.54) is 19.2 Å². The van der Waals surface area contributed by atoms with Crippen molar-refractivity contribution in [3.63, 3.8) is 0 Å². The van der Waals surface area contributed by atoms with Gasteiger partial charge >= 0.3 is 7.12 Å². The molecule has 0 N–H and O–H groups in total. The summed E-state index contributed by atoms with van der Waals surface area (Å²) in [5.74, 6) is -0.167. The molecule has 1 saturated heterocycles. The summed E-state index contributed by atoms with van der Waals surface area (Å²) in [6.45, 7) is 7.65. The van der Waals surface area contributed by atoms with Gasteiger partial charge in [0.05, 0.1) is 23.3 Å². The van der Waals surface area contributed by atoms with Crippen LogP contribution in [0.3, 0.4) is 0 Å². The average molecular weight is 287 g/mol. The first-order chi connectivity index (χ1) is 8.68. The van der Waals surface area contributed by atoms with E-state index in [1.807, 2.05) is 27.7 Å². The summed E-state index contributed by atoms with van der Waals surface area (Å²) in [5, 5.41) is 0.327. The Kier molecular flexibility index (Phi) is 3.58. The number of rotatable bonds is 2. The molecule has 1 aromatic rings. The fraction of sp³-hybridized carbons (Fsp3) is 0.538. The molecule has 2 rings (SSSR count). The van der Waals surface area contributed by atoms with Crippen molar-refractivity contribution in [3.05, 3.63) is 23.0 Å². The Morgan fingerprint density at radius 1 is 1.16 bits per heavy atom. The summed E-state index contributed by atoms with van der Waals surface area (Å²) in [5.41, 5.74) is -0.753. The average Bonchev–Trinajstić information content (AvgIpc) is 2.50. The van der Waals surface area contributed by atoms with Crippen LogP contribution in [-0.4, -0.2) is 25.4 Å². The Labute approximate surface area is 118 Å². The van der Waals surface area contributed by atoms with E-state index in [0.29, 0.717) is 10.8 Å². The van der Waals surface area contributed by atoms with Gasteiger partial charge in [-0.25, -0.2) is 4.39 Å². The van der Waals surface area contributed by atoms with Crippen LogP contribution in [-0.2, 0) is 9.31 Å². The molecule has 0 saturated carbocycles. The van der Waals surface area contributed by atoms with E-state index in [9.17, 15) is 4.39 Å². The quantitative estimate of drug-likeness (QED) is 0.783. The molecule has 0 amide bonds. The van der Waals surface area contributed by atoms with Gasteiger partial charge in [-0.05, 0) is 33.8 Å². The molecule has 0 spiro atoms. The highest BCUT2D eigenvalue weighted by molar-refractivity contribution is 6.62. The highest BCUT2D eigenvalue weighted by Gasteiger charge is 2.52. The van der Waals surface area contributed by atoms with Gasteiger partial charge in [-0.15, -0.1) is 0 Å². The van der Waals surface area contributed by atoms with Gasteiger partial charge in [0, 0.05) is 11.5 Å². The van der Waals surface area contributed by atoms with Gasteiger partial charge in [0.15, 0.2) is 0 Å². The number of halogens is 2. The van der Waals surface area contributed by atoms with Gasteiger partial charge in [-0.3, -0.25) is 0 Å². The second kappa shape index (κ2) is 4.65. The van der Waals surface area contributed by atoms with Crippen LogP contribution in [0, 0.1) is 5.82 Å². The Morgan fingerprint density at radius 3 is 2.16 bits per heavy atom. The third kappa shape index (κ3) is 2.47. The molecule has 0 aromatic heterocycles. The first kappa shape index (κ1) is 14.6. The zero-order valence-electron chi connectivity index (χ0n) is 11.7. The van der Waals surface area contributed by atoms with E-state index in [4.69, 9.17) is 25.6 Å². The fourth-order valence-corrected chi connectivity index (χ4v) is 2.10. The first-order valence-corrected chi connectivity index (χ1v) is 6.44. The Morgan fingerprint density at radius 2 is 1.68 bits per heavy atom. The summed E-state index contributed by atoms with van der Waals surface area (Å²) < 4.78 is 30.6. The minimum Gasteiger partial charge on any atom is -0.495 e. The molecule has 104 valence electrons. The number of hydrogen-bond donors (Lipinski definition) is 0. The number of hydrogen-bond acceptors (Lipinski definition) is 3. The van der Waals surface area contributed by atoms with E-state index in [0.717, 1.165) is 0 Å². The van der Waals surface area contributed by atoms with Crippen molar-refractivity contribution in [2.24, 2.45) is 0 Å². The summed E-state index contributed by atoms with van der Waals surface area (Å²) in [6, 6.07) is 2.72. The lowest BCUT2D eigenvalue weighted by atomic mass is 9.78. The summed E-state index contributed by atoms with van der Waals surface area (Å²) >= 11 is 6.02. The van der Waals surface area contributed by atoms with E-state index in [1.54, 1.807) is 0 Å². The maximum absolute atomic E-state index is 14.1. The SMILES string of the molecule is COc1cc(F)c(B2OC(C)(C)C(C)(C)O2)cc1Cl. The zero-order valence-corrected chi connectivity index (χ0v) is 12.5. The second-order valence-corrected chi connectivity index (χ2v) is 6.00. The standard InChI is InChI=1S/C13H17BClFO3/c1-12(2)13(3,4)19-14(18-12)8-6-9(15)11(17-5)7-10(8)16/h6-7H,1-5H3. The zero-order chi connectivity index (χ0) is 14.4. The monoisotopic (exact) mass is 286 g/mol. The maximum atomic E-state index is 14.1. The van der Waals surface area contributed by atoms with E-state index >= 15 is 0 Å². The number of ether oxygens (including phenoxy) is 1. The molecule has 0 bridgehead atoms. The predicted octanol–water partition coefficient (Wildman–Crippen LogP) is 2.79. The van der Waals surface area contributed by atoms with Gasteiger partial charge in [0.25, 0.3) is 0 Å². The Hall–Kier alpha value is -0.775. The lowest BCUT2D eigenvalue weighted by Gasteiger charge is -2.32. The van der Waals surface area contributed by atoms with Crippen LogP contribution >= 0.6 is 11.6 Å². The molecule has 1 aromatic carbocycles. The molecule has 0 unspecified atom stereocenters. The van der Waals surface area contributed by atoms with Crippen molar-refractivity contribution in [1.82, 2.24) is 0 Å². The van der Waals surface area contributed by atoms with Crippen molar-refractivity contribution >= 4 is 24.2 Å². The minimum absolute atomic E-state index is 0.282. The second-order valence-electron chi connectivity index (χ2n) is 5.60. The molecule has 3 nitrogen and oxygen atoms in total. The van der Waals surface area contributed by atoms with Crippen LogP contribution in [0.15, 0.2) is 12.1 Å². The van der Waals surface area contributed by atoms with Crippen molar-refractivity contribution in [2.45, 2.75) is 38.9 Å². The fourth-order valence-electron chi connectivity index (χ4n) is 1.85. The van der Waals surface area contributed by atoms with Gasteiger partial charge in [-0.2, -0.15) is 0 Å². The molecule has 19 heavy (non-hydrogen) atoms. The van der Waals surface area contributed by atoms with E-state index < -0.39 is 24.1 Å². The molecule has 1 aliphatic heterocycles. The molecule has 0 atom stereocenters. The lowest BCUT2D eigenvalue weighted by Crippen LogP contribution is -2.41. The normalized spacial score (nSPS) is 20.7. The molecule has 1 fully saturated rings. The molecule has 0 radical (unpaired) electrons. The molecule has 0 aliphatic carbocycles. The van der Waals surface area contributed by atoms with Gasteiger partial charge < -0.3 is 14.0 Å². The van der Waals surface area contributed by atoms with Gasteiger partial charge in [-0.1, -0.05) is 11.6 Å². The summed E-state index contributed by atoms with van der Waals surface area (Å²) in [4.78, 5) is 0. The van der Waals surface area contributed by atoms with Crippen LogP contribution < -0.4 is 10.2 Å². The van der Waals surface area contributed by atoms with E-state index in [-0.39, 0.29) is 5.46 Å². The molecule has 1 heterocycles. The minimum atomic E-state index is -0.770. The largest absolute Gasteiger partial charge is 0.497 e. The van der Waals surface area contributed by atoms with Crippen LogP contribution in [0.5, 0.6) is 5.75 Å². The Bertz CT molecular complexity index is 489. The van der Waals surface area contributed by atoms with E-state index in [2.05, 4.69) is 0 Å². The Balaban J connectivity index is 2.37. The third-order valence-corrected chi connectivity index (χ3v) is 4.07. The van der Waals surface area contributed by atoms with Gasteiger partial charge in [0.2, 0.25) is 0 Å². The number of benzene rings is 1. The molecule has 1 aliphatic rings. The highest BCUT2D eigenvalue weighted by atomic mass is 35.5. The van der Waals surface area contributed by atoms with Crippen LogP contribution in [0.1, 0.15) is 27.7 Å². The van der Waals surface area contributed by atoms with Crippen LogP contribution in [0.25, 0.3) is 0 Å². The topological polar surface area (TPSA) is 27.7 Å². The molecular weight excluding hydrogens is 269 g/mol. The van der Waals surface area contributed by atoms with Crippen molar-refractivity contribution in [2.75, 3.05) is 7.11 Å². The predicted molar refractivity (Wildman–Crippen MR) is 73.7 cm³/mol. The molecule has 6 heteroatoms. The van der Waals surface area contributed by atoms with Crippen LogP contribution in [0.2, 0.25) is 5.02 Å². The van der Waals surface area contributed by atoms with Gasteiger partial charge in [0.1, 0.15) is 11.6 Å². The lowest BCUT2D eigenvalue weighted by molar-refractivity contribution is 0.00578. The first-order valence-electron chi connectivity index (χ1n) is 6.06. The number of methoxy groups -OCH3 is 1. The van der Waals surface area contributed by atoms with Crippen molar-refractivity contribution < 1.29 is 18.4 Å².